The molecule has 1 aromatic heterocycles. The fourth-order valence-electron chi connectivity index (χ4n) is 2.09. The zero-order valence-electron chi connectivity index (χ0n) is 12.3. The Morgan fingerprint density at radius 2 is 1.86 bits per heavy atom. The van der Waals surface area contributed by atoms with Crippen molar-refractivity contribution in [2.24, 2.45) is 0 Å². The van der Waals surface area contributed by atoms with Gasteiger partial charge in [0.2, 0.25) is 0 Å². The van der Waals surface area contributed by atoms with Crippen LogP contribution in [-0.4, -0.2) is 29.0 Å². The van der Waals surface area contributed by atoms with E-state index in [1.807, 2.05) is 30.7 Å². The van der Waals surface area contributed by atoms with Crippen LogP contribution in [0, 0.1) is 19.7 Å². The van der Waals surface area contributed by atoms with Crippen LogP contribution in [0.1, 0.15) is 17.0 Å². The number of aryl methyl sites for hydroxylation is 2. The Morgan fingerprint density at radius 3 is 2.52 bits per heavy atom. The summed E-state index contributed by atoms with van der Waals surface area (Å²) in [5.74, 6) is -0.288. The van der Waals surface area contributed by atoms with Gasteiger partial charge in [0.25, 0.3) is 0 Å². The van der Waals surface area contributed by atoms with Crippen LogP contribution in [0.3, 0.4) is 0 Å². The third-order valence-corrected chi connectivity index (χ3v) is 3.28. The highest BCUT2D eigenvalue weighted by atomic mass is 19.1. The maximum atomic E-state index is 13.4. The fourth-order valence-corrected chi connectivity index (χ4v) is 2.09. The number of aliphatic hydroxyl groups excluding tert-OH is 1. The first-order chi connectivity index (χ1) is 10.1. The molecule has 0 bridgehead atoms. The van der Waals surface area contributed by atoms with E-state index in [0.717, 1.165) is 11.4 Å². The lowest BCUT2D eigenvalue weighted by atomic mass is 10.2. The molecule has 21 heavy (non-hydrogen) atoms. The molecule has 114 valence electrons. The monoisotopic (exact) mass is 292 g/mol. The quantitative estimate of drug-likeness (QED) is 0.823. The maximum absolute atomic E-state index is 13.4. The fraction of sp³-hybridized carbons (Fsp3) is 0.375. The Balaban J connectivity index is 1.73. The van der Waals surface area contributed by atoms with E-state index in [4.69, 9.17) is 4.74 Å². The van der Waals surface area contributed by atoms with Crippen LogP contribution in [0.5, 0.6) is 0 Å². The minimum Gasteiger partial charge on any atom is -0.389 e. The van der Waals surface area contributed by atoms with Gasteiger partial charge in [0.1, 0.15) is 5.82 Å². The van der Waals surface area contributed by atoms with Crippen molar-refractivity contribution in [3.05, 3.63) is 59.2 Å². The molecule has 0 fully saturated rings. The third-order valence-electron chi connectivity index (χ3n) is 3.28. The zero-order valence-corrected chi connectivity index (χ0v) is 12.3. The topological polar surface area (TPSA) is 46.4 Å². The number of aromatic nitrogens is 1. The van der Waals surface area contributed by atoms with Gasteiger partial charge in [-0.1, -0.05) is 18.2 Å². The van der Waals surface area contributed by atoms with Crippen LogP contribution in [0.15, 0.2) is 36.4 Å². The predicted octanol–water partition coefficient (Wildman–Crippen LogP) is 2.37. The minimum absolute atomic E-state index is 0.153. The Kier molecular flexibility index (Phi) is 5.36. The number of aliphatic hydroxyl groups is 1. The molecule has 0 aliphatic heterocycles. The average molecular weight is 292 g/mol. The van der Waals surface area contributed by atoms with E-state index in [1.54, 1.807) is 18.2 Å². The van der Waals surface area contributed by atoms with Crippen LogP contribution in [-0.2, 0) is 11.3 Å². The van der Waals surface area contributed by atoms with E-state index < -0.39 is 6.10 Å². The van der Waals surface area contributed by atoms with E-state index in [1.165, 1.54) is 6.07 Å². The molecule has 2 aromatic rings. The second-order valence-electron chi connectivity index (χ2n) is 5.07. The van der Waals surface area contributed by atoms with Crippen molar-refractivity contribution in [2.45, 2.75) is 26.6 Å². The van der Waals surface area contributed by atoms with Crippen LogP contribution in [0.2, 0.25) is 0 Å². The number of hydrogen-bond donors (Lipinski definition) is 2. The number of nitrogens with zero attached hydrogens (tertiary/aromatic N) is 1. The van der Waals surface area contributed by atoms with Gasteiger partial charge in [-0.3, -0.25) is 4.68 Å². The summed E-state index contributed by atoms with van der Waals surface area (Å²) in [5, 5.41) is 9.88. The number of benzene rings is 1. The first-order valence-electron chi connectivity index (χ1n) is 6.96. The van der Waals surface area contributed by atoms with E-state index in [9.17, 15) is 9.50 Å². The Hall–Kier alpha value is -1.85. The van der Waals surface area contributed by atoms with E-state index in [2.05, 4.69) is 5.43 Å². The molecule has 2 N–H and O–H groups in total. The molecule has 1 heterocycles. The smallest absolute Gasteiger partial charge is 0.128 e. The maximum Gasteiger partial charge on any atom is 0.128 e. The summed E-state index contributed by atoms with van der Waals surface area (Å²) in [6, 6.07) is 10.5. The molecule has 0 saturated heterocycles. The van der Waals surface area contributed by atoms with Gasteiger partial charge in [-0.25, -0.2) is 4.39 Å². The van der Waals surface area contributed by atoms with E-state index >= 15 is 0 Å². The van der Waals surface area contributed by atoms with Crippen LogP contribution in [0.25, 0.3) is 0 Å². The second kappa shape index (κ2) is 7.24. The van der Waals surface area contributed by atoms with Gasteiger partial charge in [0, 0.05) is 17.0 Å². The first-order valence-corrected chi connectivity index (χ1v) is 6.96. The molecule has 0 aliphatic carbocycles. The summed E-state index contributed by atoms with van der Waals surface area (Å²) in [6.45, 7) is 4.65. The second-order valence-corrected chi connectivity index (χ2v) is 5.07. The van der Waals surface area contributed by atoms with Gasteiger partial charge < -0.3 is 15.3 Å². The number of ether oxygens (including phenoxy) is 1. The molecular weight excluding hydrogens is 271 g/mol. The van der Waals surface area contributed by atoms with Crippen molar-refractivity contribution >= 4 is 0 Å². The lowest BCUT2D eigenvalue weighted by Crippen LogP contribution is -2.30. The summed E-state index contributed by atoms with van der Waals surface area (Å²) >= 11 is 0. The summed E-state index contributed by atoms with van der Waals surface area (Å²) in [5.41, 5.74) is 5.78. The molecule has 5 heteroatoms. The summed E-state index contributed by atoms with van der Waals surface area (Å²) in [7, 11) is 0. The molecule has 1 atom stereocenters. The minimum atomic E-state index is -0.655. The molecule has 0 aliphatic rings. The Labute approximate surface area is 124 Å². The molecule has 0 amide bonds. The van der Waals surface area contributed by atoms with Crippen LogP contribution < -0.4 is 5.43 Å². The lowest BCUT2D eigenvalue weighted by molar-refractivity contribution is 0.0326. The predicted molar refractivity (Wildman–Crippen MR) is 80.2 cm³/mol. The molecule has 1 unspecified atom stereocenters. The van der Waals surface area contributed by atoms with Crippen molar-refractivity contribution in [3.63, 3.8) is 0 Å². The number of nitrogens with one attached hydrogen (secondary N) is 1. The van der Waals surface area contributed by atoms with Gasteiger partial charge in [-0.05, 0) is 32.0 Å². The highest BCUT2D eigenvalue weighted by Crippen LogP contribution is 2.08. The van der Waals surface area contributed by atoms with Gasteiger partial charge in [0.15, 0.2) is 0 Å². The van der Waals surface area contributed by atoms with Gasteiger partial charge in [-0.2, -0.15) is 0 Å². The van der Waals surface area contributed by atoms with Crippen molar-refractivity contribution in [3.8, 4) is 0 Å². The largest absolute Gasteiger partial charge is 0.389 e. The van der Waals surface area contributed by atoms with Crippen LogP contribution >= 0.6 is 0 Å². The lowest BCUT2D eigenvalue weighted by Gasteiger charge is -2.16. The molecule has 0 spiro atoms. The standard InChI is InChI=1S/C16H21FN2O2/c1-12-7-8-13(2)19(12)18-9-15(20)11-21-10-14-5-3-4-6-16(14)17/h3-8,15,18,20H,9-11H2,1-2H3. The number of rotatable bonds is 7. The molecular formula is C16H21FN2O2. The SMILES string of the molecule is Cc1ccc(C)n1NCC(O)COCc1ccccc1F. The highest BCUT2D eigenvalue weighted by molar-refractivity contribution is 5.16. The van der Waals surface area contributed by atoms with Crippen molar-refractivity contribution in [2.75, 3.05) is 18.6 Å². The van der Waals surface area contributed by atoms with E-state index in [0.29, 0.717) is 12.1 Å². The van der Waals surface area contributed by atoms with Crippen molar-refractivity contribution < 1.29 is 14.2 Å². The van der Waals surface area contributed by atoms with Crippen molar-refractivity contribution in [1.82, 2.24) is 4.68 Å². The zero-order chi connectivity index (χ0) is 15.2. The van der Waals surface area contributed by atoms with E-state index in [-0.39, 0.29) is 19.0 Å². The van der Waals surface area contributed by atoms with Gasteiger partial charge in [0.05, 0.1) is 25.9 Å². The molecule has 1 aromatic carbocycles. The summed E-state index contributed by atoms with van der Waals surface area (Å²) in [4.78, 5) is 0. The average Bonchev–Trinajstić information content (AvgIpc) is 2.78. The highest BCUT2D eigenvalue weighted by Gasteiger charge is 2.07. The number of halogens is 1. The molecule has 4 nitrogen and oxygen atoms in total. The third kappa shape index (κ3) is 4.31. The first kappa shape index (κ1) is 15.5. The Morgan fingerprint density at radius 1 is 1.19 bits per heavy atom. The number of hydrogen-bond acceptors (Lipinski definition) is 3. The Bertz CT molecular complexity index is 564. The normalized spacial score (nSPS) is 12.4. The van der Waals surface area contributed by atoms with Crippen LogP contribution in [0.4, 0.5) is 4.39 Å². The summed E-state index contributed by atoms with van der Waals surface area (Å²) < 4.78 is 20.6. The van der Waals surface area contributed by atoms with Crippen molar-refractivity contribution in [1.29, 1.82) is 0 Å². The molecule has 2 rings (SSSR count). The summed E-state index contributed by atoms with van der Waals surface area (Å²) in [6.07, 6.45) is -0.655. The van der Waals surface area contributed by atoms with Gasteiger partial charge in [-0.15, -0.1) is 0 Å². The van der Waals surface area contributed by atoms with Gasteiger partial charge >= 0.3 is 0 Å². The molecule has 0 radical (unpaired) electrons. The molecule has 0 saturated carbocycles.